The Morgan fingerprint density at radius 2 is 2.17 bits per heavy atom. The number of ether oxygens (including phenoxy) is 2. The van der Waals surface area contributed by atoms with Gasteiger partial charge in [-0.1, -0.05) is 0 Å². The van der Waals surface area contributed by atoms with Gasteiger partial charge in [0.2, 0.25) is 11.8 Å². The third kappa shape index (κ3) is 3.22. The summed E-state index contributed by atoms with van der Waals surface area (Å²) in [6.45, 7) is 3.56. The molecule has 2 aromatic rings. The standard InChI is InChI=1S/C17H17N5O2/c1-2-23-17-13(10-18)14(19)9-15(22-17)21-12-5-3-11(4-6-12)16-20-7-8-24-16/h3-6,9H,2,7-8H2,1H3,(H3,19,21,22). The van der Waals surface area contributed by atoms with Gasteiger partial charge in [-0.3, -0.25) is 0 Å². The monoisotopic (exact) mass is 323 g/mol. The number of rotatable bonds is 5. The molecule has 3 rings (SSSR count). The number of nitriles is 1. The number of aromatic nitrogens is 1. The first-order valence-corrected chi connectivity index (χ1v) is 7.59. The summed E-state index contributed by atoms with van der Waals surface area (Å²) in [5.41, 5.74) is 8.24. The van der Waals surface area contributed by atoms with Crippen LogP contribution in [0.3, 0.4) is 0 Å². The zero-order valence-corrected chi connectivity index (χ0v) is 13.2. The van der Waals surface area contributed by atoms with Gasteiger partial charge in [0.05, 0.1) is 18.8 Å². The summed E-state index contributed by atoms with van der Waals surface area (Å²) in [7, 11) is 0. The number of aliphatic imine (C=N–C) groups is 1. The molecule has 1 aromatic heterocycles. The molecule has 0 bridgehead atoms. The van der Waals surface area contributed by atoms with E-state index in [4.69, 9.17) is 20.5 Å². The minimum absolute atomic E-state index is 0.229. The van der Waals surface area contributed by atoms with Gasteiger partial charge < -0.3 is 20.5 Å². The number of nitrogen functional groups attached to an aromatic ring is 1. The van der Waals surface area contributed by atoms with Crippen LogP contribution in [0.25, 0.3) is 0 Å². The quantitative estimate of drug-likeness (QED) is 0.875. The van der Waals surface area contributed by atoms with Crippen molar-refractivity contribution in [3.05, 3.63) is 41.5 Å². The number of nitrogens with zero attached hydrogens (tertiary/aromatic N) is 3. The maximum atomic E-state index is 9.15. The zero-order chi connectivity index (χ0) is 16.9. The molecule has 0 unspecified atom stereocenters. The molecule has 3 N–H and O–H groups in total. The lowest BCUT2D eigenvalue weighted by Crippen LogP contribution is -2.04. The molecule has 1 aliphatic rings. The molecule has 0 atom stereocenters. The predicted octanol–water partition coefficient (Wildman–Crippen LogP) is 2.45. The second kappa shape index (κ2) is 6.87. The first-order chi connectivity index (χ1) is 11.7. The molecule has 0 spiro atoms. The van der Waals surface area contributed by atoms with Crippen molar-refractivity contribution >= 4 is 23.1 Å². The molecule has 7 heteroatoms. The number of nitrogens with one attached hydrogen (secondary N) is 1. The first kappa shape index (κ1) is 15.6. The summed E-state index contributed by atoms with van der Waals surface area (Å²) in [6.07, 6.45) is 0. The van der Waals surface area contributed by atoms with Gasteiger partial charge in [-0.15, -0.1) is 0 Å². The minimum Gasteiger partial charge on any atom is -0.477 e. The Labute approximate surface area is 139 Å². The number of nitrogens with two attached hydrogens (primary N) is 1. The molecule has 0 saturated carbocycles. The van der Waals surface area contributed by atoms with Crippen LogP contribution in [0.4, 0.5) is 17.2 Å². The van der Waals surface area contributed by atoms with Crippen LogP contribution < -0.4 is 15.8 Å². The number of hydrogen-bond acceptors (Lipinski definition) is 7. The van der Waals surface area contributed by atoms with Crippen LogP contribution in [0.2, 0.25) is 0 Å². The predicted molar refractivity (Wildman–Crippen MR) is 91.6 cm³/mol. The molecular formula is C17H17N5O2. The van der Waals surface area contributed by atoms with E-state index in [0.717, 1.165) is 11.3 Å². The third-order valence-electron chi connectivity index (χ3n) is 3.40. The van der Waals surface area contributed by atoms with Gasteiger partial charge in [-0.2, -0.15) is 10.2 Å². The minimum atomic E-state index is 0.229. The normalized spacial score (nSPS) is 12.9. The Kier molecular flexibility index (Phi) is 4.47. The van der Waals surface area contributed by atoms with Crippen molar-refractivity contribution in [2.24, 2.45) is 4.99 Å². The van der Waals surface area contributed by atoms with E-state index >= 15 is 0 Å². The van der Waals surface area contributed by atoms with Crippen molar-refractivity contribution in [2.75, 3.05) is 30.8 Å². The Hall–Kier alpha value is -3.27. The average Bonchev–Trinajstić information content (AvgIpc) is 3.10. The van der Waals surface area contributed by atoms with Gasteiger partial charge in [0.15, 0.2) is 0 Å². The maximum Gasteiger partial charge on any atom is 0.235 e. The molecular weight excluding hydrogens is 306 g/mol. The number of anilines is 3. The number of benzene rings is 1. The van der Waals surface area contributed by atoms with Gasteiger partial charge in [-0.25, -0.2) is 4.99 Å². The smallest absolute Gasteiger partial charge is 0.235 e. The fourth-order valence-electron chi connectivity index (χ4n) is 2.31. The van der Waals surface area contributed by atoms with Crippen molar-refractivity contribution in [2.45, 2.75) is 6.92 Å². The fourth-order valence-corrected chi connectivity index (χ4v) is 2.31. The molecule has 0 amide bonds. The summed E-state index contributed by atoms with van der Waals surface area (Å²) in [6, 6.07) is 11.3. The average molecular weight is 323 g/mol. The number of hydrogen-bond donors (Lipinski definition) is 2. The molecule has 0 aliphatic carbocycles. The third-order valence-corrected chi connectivity index (χ3v) is 3.40. The highest BCUT2D eigenvalue weighted by atomic mass is 16.5. The lowest BCUT2D eigenvalue weighted by molar-refractivity contribution is 0.326. The van der Waals surface area contributed by atoms with Crippen LogP contribution in [-0.2, 0) is 4.74 Å². The molecule has 2 heterocycles. The second-order valence-electron chi connectivity index (χ2n) is 5.06. The van der Waals surface area contributed by atoms with Crippen molar-refractivity contribution in [3.63, 3.8) is 0 Å². The Morgan fingerprint density at radius 3 is 2.79 bits per heavy atom. The van der Waals surface area contributed by atoms with E-state index in [9.17, 15) is 0 Å². The molecule has 1 aliphatic heterocycles. The number of pyridine rings is 1. The molecule has 24 heavy (non-hydrogen) atoms. The largest absolute Gasteiger partial charge is 0.477 e. The van der Waals surface area contributed by atoms with E-state index in [1.807, 2.05) is 37.3 Å². The summed E-state index contributed by atoms with van der Waals surface area (Å²) in [5.74, 6) is 1.41. The zero-order valence-electron chi connectivity index (χ0n) is 13.2. The van der Waals surface area contributed by atoms with E-state index < -0.39 is 0 Å². The lowest BCUT2D eigenvalue weighted by atomic mass is 10.2. The molecule has 7 nitrogen and oxygen atoms in total. The van der Waals surface area contributed by atoms with Crippen molar-refractivity contribution in [1.82, 2.24) is 4.98 Å². The highest BCUT2D eigenvalue weighted by Gasteiger charge is 2.13. The SMILES string of the molecule is CCOc1nc(Nc2ccc(C3=NCCO3)cc2)cc(N)c1C#N. The topological polar surface area (TPSA) is 106 Å². The van der Waals surface area contributed by atoms with E-state index in [1.54, 1.807) is 6.07 Å². The van der Waals surface area contributed by atoms with Crippen molar-refractivity contribution in [1.29, 1.82) is 5.26 Å². The highest BCUT2D eigenvalue weighted by molar-refractivity contribution is 5.95. The first-order valence-electron chi connectivity index (χ1n) is 7.59. The maximum absolute atomic E-state index is 9.15. The lowest BCUT2D eigenvalue weighted by Gasteiger charge is -2.11. The molecule has 1 aromatic carbocycles. The summed E-state index contributed by atoms with van der Waals surface area (Å²) in [4.78, 5) is 8.59. The van der Waals surface area contributed by atoms with Crippen LogP contribution in [0.5, 0.6) is 5.88 Å². The molecule has 122 valence electrons. The fraction of sp³-hybridized carbons (Fsp3) is 0.235. The van der Waals surface area contributed by atoms with Gasteiger partial charge >= 0.3 is 0 Å². The summed E-state index contributed by atoms with van der Waals surface area (Å²) < 4.78 is 10.8. The Morgan fingerprint density at radius 1 is 1.38 bits per heavy atom. The van der Waals surface area contributed by atoms with E-state index in [1.165, 1.54) is 0 Å². The second-order valence-corrected chi connectivity index (χ2v) is 5.06. The Balaban J connectivity index is 1.82. The summed E-state index contributed by atoms with van der Waals surface area (Å²) in [5, 5.41) is 12.3. The summed E-state index contributed by atoms with van der Waals surface area (Å²) >= 11 is 0. The highest BCUT2D eigenvalue weighted by Crippen LogP contribution is 2.27. The van der Waals surface area contributed by atoms with Crippen LogP contribution >= 0.6 is 0 Å². The van der Waals surface area contributed by atoms with Gasteiger partial charge in [0, 0.05) is 17.3 Å². The van der Waals surface area contributed by atoms with Crippen LogP contribution in [0, 0.1) is 11.3 Å². The van der Waals surface area contributed by atoms with Gasteiger partial charge in [-0.05, 0) is 31.2 Å². The van der Waals surface area contributed by atoms with Gasteiger partial charge in [0.25, 0.3) is 0 Å². The van der Waals surface area contributed by atoms with Crippen LogP contribution in [0.15, 0.2) is 35.3 Å². The van der Waals surface area contributed by atoms with E-state index in [2.05, 4.69) is 15.3 Å². The molecule has 0 radical (unpaired) electrons. The van der Waals surface area contributed by atoms with Gasteiger partial charge in [0.1, 0.15) is 24.1 Å². The molecule has 0 saturated heterocycles. The van der Waals surface area contributed by atoms with Crippen molar-refractivity contribution < 1.29 is 9.47 Å². The van der Waals surface area contributed by atoms with Crippen LogP contribution in [0.1, 0.15) is 18.1 Å². The van der Waals surface area contributed by atoms with Crippen molar-refractivity contribution in [3.8, 4) is 11.9 Å². The van der Waals surface area contributed by atoms with Crippen LogP contribution in [-0.4, -0.2) is 30.6 Å². The molecule has 0 fully saturated rings. The van der Waals surface area contributed by atoms with E-state index in [0.29, 0.717) is 37.2 Å². The van der Waals surface area contributed by atoms with E-state index in [-0.39, 0.29) is 11.4 Å². The Bertz CT molecular complexity index is 809.